The van der Waals surface area contributed by atoms with Crippen LogP contribution in [-0.2, 0) is 9.84 Å². The number of amides is 1. The molecule has 1 unspecified atom stereocenters. The Morgan fingerprint density at radius 2 is 1.77 bits per heavy atom. The monoisotopic (exact) mass is 335 g/mol. The van der Waals surface area contributed by atoms with Gasteiger partial charge in [0.15, 0.2) is 17.5 Å². The van der Waals surface area contributed by atoms with Crippen LogP contribution in [0.25, 0.3) is 0 Å². The van der Waals surface area contributed by atoms with E-state index in [1.807, 2.05) is 0 Å². The minimum absolute atomic E-state index is 0.152. The number of carbonyl (C=O) groups is 1. The predicted octanol–water partition coefficient (Wildman–Crippen LogP) is 2.14. The highest BCUT2D eigenvalue weighted by Crippen LogP contribution is 2.31. The fourth-order valence-electron chi connectivity index (χ4n) is 2.43. The SMILES string of the molecule is CC(CS(C)(=O)=O)N(C(=O)c1cc(F)c(F)c(F)c1)C1CC1. The minimum atomic E-state index is -3.31. The van der Waals surface area contributed by atoms with Gasteiger partial charge in [0.1, 0.15) is 9.84 Å². The van der Waals surface area contributed by atoms with Crippen LogP contribution < -0.4 is 0 Å². The number of hydrogen-bond acceptors (Lipinski definition) is 3. The average molecular weight is 335 g/mol. The first-order valence-corrected chi connectivity index (χ1v) is 8.81. The molecule has 1 atom stereocenters. The molecule has 0 bridgehead atoms. The van der Waals surface area contributed by atoms with Crippen LogP contribution in [0.2, 0.25) is 0 Å². The highest BCUT2D eigenvalue weighted by molar-refractivity contribution is 7.90. The van der Waals surface area contributed by atoms with Crippen molar-refractivity contribution in [3.05, 3.63) is 35.1 Å². The Morgan fingerprint density at radius 3 is 2.18 bits per heavy atom. The number of halogens is 3. The van der Waals surface area contributed by atoms with Gasteiger partial charge in [-0.05, 0) is 31.9 Å². The quantitative estimate of drug-likeness (QED) is 0.775. The molecule has 0 aliphatic heterocycles. The van der Waals surface area contributed by atoms with Gasteiger partial charge >= 0.3 is 0 Å². The summed E-state index contributed by atoms with van der Waals surface area (Å²) in [5, 5.41) is 0. The Kier molecular flexibility index (Phi) is 4.51. The van der Waals surface area contributed by atoms with Crippen molar-refractivity contribution in [2.24, 2.45) is 0 Å². The molecular weight excluding hydrogens is 319 g/mol. The molecule has 1 amide bonds. The lowest BCUT2D eigenvalue weighted by Gasteiger charge is -2.29. The predicted molar refractivity (Wildman–Crippen MR) is 74.7 cm³/mol. The summed E-state index contributed by atoms with van der Waals surface area (Å²) in [7, 11) is -3.31. The summed E-state index contributed by atoms with van der Waals surface area (Å²) in [5.41, 5.74) is -0.330. The lowest BCUT2D eigenvalue weighted by molar-refractivity contribution is 0.0691. The molecule has 4 nitrogen and oxygen atoms in total. The number of rotatable bonds is 5. The third-order valence-corrected chi connectivity index (χ3v) is 4.51. The van der Waals surface area contributed by atoms with Crippen molar-refractivity contribution in [2.75, 3.05) is 12.0 Å². The fourth-order valence-corrected chi connectivity index (χ4v) is 3.46. The van der Waals surface area contributed by atoms with E-state index >= 15 is 0 Å². The van der Waals surface area contributed by atoms with E-state index in [0.29, 0.717) is 25.0 Å². The van der Waals surface area contributed by atoms with Crippen LogP contribution in [0.15, 0.2) is 12.1 Å². The van der Waals surface area contributed by atoms with Crippen LogP contribution in [-0.4, -0.2) is 43.3 Å². The van der Waals surface area contributed by atoms with Gasteiger partial charge in [-0.3, -0.25) is 4.79 Å². The Balaban J connectivity index is 2.31. The van der Waals surface area contributed by atoms with E-state index < -0.39 is 39.2 Å². The van der Waals surface area contributed by atoms with Crippen LogP contribution in [0.4, 0.5) is 13.2 Å². The van der Waals surface area contributed by atoms with E-state index in [9.17, 15) is 26.4 Å². The Hall–Kier alpha value is -1.57. The van der Waals surface area contributed by atoms with Crippen molar-refractivity contribution in [1.29, 1.82) is 0 Å². The van der Waals surface area contributed by atoms with E-state index in [2.05, 4.69) is 0 Å². The molecule has 122 valence electrons. The summed E-state index contributed by atoms with van der Waals surface area (Å²) < 4.78 is 62.3. The average Bonchev–Trinajstić information content (AvgIpc) is 3.17. The van der Waals surface area contributed by atoms with Gasteiger partial charge in [-0.25, -0.2) is 21.6 Å². The second-order valence-electron chi connectivity index (χ2n) is 5.64. The summed E-state index contributed by atoms with van der Waals surface area (Å²) >= 11 is 0. The summed E-state index contributed by atoms with van der Waals surface area (Å²) in [6.45, 7) is 1.56. The van der Waals surface area contributed by atoms with Crippen molar-refractivity contribution in [3.63, 3.8) is 0 Å². The van der Waals surface area contributed by atoms with Gasteiger partial charge in [-0.2, -0.15) is 0 Å². The topological polar surface area (TPSA) is 54.5 Å². The smallest absolute Gasteiger partial charge is 0.254 e. The standard InChI is InChI=1S/C14H16F3NO3S/c1-8(7-22(2,20)21)18(10-3-4-10)14(19)9-5-11(15)13(17)12(16)6-9/h5-6,8,10H,3-4,7H2,1-2H3. The fraction of sp³-hybridized carbons (Fsp3) is 0.500. The van der Waals surface area contributed by atoms with E-state index in [-0.39, 0.29) is 17.4 Å². The maximum absolute atomic E-state index is 13.3. The third kappa shape index (κ3) is 3.79. The molecule has 1 aliphatic carbocycles. The van der Waals surface area contributed by atoms with E-state index in [0.717, 1.165) is 6.26 Å². The van der Waals surface area contributed by atoms with Crippen molar-refractivity contribution >= 4 is 15.7 Å². The highest BCUT2D eigenvalue weighted by atomic mass is 32.2. The first-order chi connectivity index (χ1) is 10.1. The van der Waals surface area contributed by atoms with Gasteiger partial charge in [-0.1, -0.05) is 0 Å². The van der Waals surface area contributed by atoms with Crippen molar-refractivity contribution < 1.29 is 26.4 Å². The minimum Gasteiger partial charge on any atom is -0.332 e. The Bertz CT molecular complexity index is 678. The molecule has 8 heteroatoms. The molecule has 2 rings (SSSR count). The first kappa shape index (κ1) is 16.8. The van der Waals surface area contributed by atoms with Crippen molar-refractivity contribution in [2.45, 2.75) is 31.8 Å². The summed E-state index contributed by atoms with van der Waals surface area (Å²) in [4.78, 5) is 13.8. The molecule has 0 saturated heterocycles. The van der Waals surface area contributed by atoms with E-state index in [1.54, 1.807) is 6.92 Å². The zero-order chi connectivity index (χ0) is 16.7. The number of sulfone groups is 1. The van der Waals surface area contributed by atoms with Crippen LogP contribution in [0.1, 0.15) is 30.1 Å². The summed E-state index contributed by atoms with van der Waals surface area (Å²) in [6.07, 6.45) is 2.45. The molecule has 1 fully saturated rings. The number of benzene rings is 1. The van der Waals surface area contributed by atoms with Gasteiger partial charge < -0.3 is 4.90 Å². The lowest BCUT2D eigenvalue weighted by atomic mass is 10.1. The normalized spacial score (nSPS) is 16.4. The maximum Gasteiger partial charge on any atom is 0.254 e. The molecule has 1 aromatic rings. The largest absolute Gasteiger partial charge is 0.332 e. The molecule has 0 spiro atoms. The van der Waals surface area contributed by atoms with Gasteiger partial charge in [0.2, 0.25) is 0 Å². The molecule has 1 saturated carbocycles. The molecule has 22 heavy (non-hydrogen) atoms. The third-order valence-electron chi connectivity index (χ3n) is 3.42. The second-order valence-corrected chi connectivity index (χ2v) is 7.82. The Morgan fingerprint density at radius 1 is 1.27 bits per heavy atom. The van der Waals surface area contributed by atoms with Gasteiger partial charge in [0.25, 0.3) is 5.91 Å². The van der Waals surface area contributed by atoms with Gasteiger partial charge in [0, 0.05) is 23.9 Å². The molecule has 1 aromatic carbocycles. The zero-order valence-electron chi connectivity index (χ0n) is 12.1. The van der Waals surface area contributed by atoms with Crippen LogP contribution in [0, 0.1) is 17.5 Å². The lowest BCUT2D eigenvalue weighted by Crippen LogP contribution is -2.43. The van der Waals surface area contributed by atoms with Crippen LogP contribution in [0.3, 0.4) is 0 Å². The summed E-state index contributed by atoms with van der Waals surface area (Å²) in [6, 6.07) is 0.471. The van der Waals surface area contributed by atoms with Gasteiger partial charge in [-0.15, -0.1) is 0 Å². The number of hydrogen-bond donors (Lipinski definition) is 0. The molecule has 0 radical (unpaired) electrons. The summed E-state index contributed by atoms with van der Waals surface area (Å²) in [5.74, 6) is -5.48. The van der Waals surface area contributed by atoms with Gasteiger partial charge in [0.05, 0.1) is 5.75 Å². The highest BCUT2D eigenvalue weighted by Gasteiger charge is 2.37. The van der Waals surface area contributed by atoms with E-state index in [4.69, 9.17) is 0 Å². The maximum atomic E-state index is 13.3. The molecule has 0 N–H and O–H groups in total. The van der Waals surface area contributed by atoms with E-state index in [1.165, 1.54) is 4.90 Å². The van der Waals surface area contributed by atoms with Crippen LogP contribution >= 0.6 is 0 Å². The molecule has 0 aromatic heterocycles. The van der Waals surface area contributed by atoms with Crippen molar-refractivity contribution in [3.8, 4) is 0 Å². The second kappa shape index (κ2) is 5.91. The first-order valence-electron chi connectivity index (χ1n) is 6.75. The van der Waals surface area contributed by atoms with Crippen LogP contribution in [0.5, 0.6) is 0 Å². The molecule has 0 heterocycles. The molecule has 1 aliphatic rings. The Labute approximate surface area is 126 Å². The number of carbonyl (C=O) groups excluding carboxylic acids is 1. The zero-order valence-corrected chi connectivity index (χ0v) is 13.0. The number of nitrogens with zero attached hydrogens (tertiary/aromatic N) is 1. The van der Waals surface area contributed by atoms with Crippen molar-refractivity contribution in [1.82, 2.24) is 4.90 Å². The molecular formula is C14H16F3NO3S.